The fraction of sp³-hybridized carbons (Fsp3) is 0.419. The highest BCUT2D eigenvalue weighted by Gasteiger charge is 2.32. The molecule has 1 fully saturated rings. The second-order valence-corrected chi connectivity index (χ2v) is 10.3. The molecule has 0 aromatic heterocycles. The Kier molecular flexibility index (Phi) is 8.74. The van der Waals surface area contributed by atoms with Crippen molar-refractivity contribution in [2.24, 2.45) is 5.92 Å². The first-order valence-corrected chi connectivity index (χ1v) is 13.2. The number of alkyl halides is 2. The maximum atomic E-state index is 15.0. The molecule has 0 saturated heterocycles. The summed E-state index contributed by atoms with van der Waals surface area (Å²) < 4.78 is 90.2. The molecule has 0 spiro atoms. The van der Waals surface area contributed by atoms with Gasteiger partial charge in [0.15, 0.2) is 0 Å². The van der Waals surface area contributed by atoms with E-state index in [1.807, 2.05) is 6.07 Å². The van der Waals surface area contributed by atoms with Crippen molar-refractivity contribution in [1.29, 1.82) is 0 Å². The molecule has 204 valence electrons. The van der Waals surface area contributed by atoms with E-state index in [2.05, 4.69) is 11.7 Å². The predicted octanol–water partition coefficient (Wildman–Crippen LogP) is 9.90. The van der Waals surface area contributed by atoms with Gasteiger partial charge in [-0.2, -0.15) is 8.78 Å². The van der Waals surface area contributed by atoms with E-state index in [1.165, 1.54) is 38.0 Å². The third-order valence-corrected chi connectivity index (χ3v) is 7.58. The Balaban J connectivity index is 1.40. The minimum absolute atomic E-state index is 0.000778. The van der Waals surface area contributed by atoms with Crippen LogP contribution in [0.1, 0.15) is 74.5 Å². The van der Waals surface area contributed by atoms with Crippen molar-refractivity contribution in [2.45, 2.75) is 77.2 Å². The first-order valence-electron chi connectivity index (χ1n) is 13.2. The third kappa shape index (κ3) is 6.72. The summed E-state index contributed by atoms with van der Waals surface area (Å²) in [5.41, 5.74) is 1.21. The van der Waals surface area contributed by atoms with Crippen molar-refractivity contribution in [3.63, 3.8) is 0 Å². The zero-order chi connectivity index (χ0) is 27.4. The van der Waals surface area contributed by atoms with Crippen LogP contribution in [-0.4, -0.2) is 6.11 Å². The summed E-state index contributed by atoms with van der Waals surface area (Å²) in [6.07, 6.45) is 1.70. The Morgan fingerprint density at radius 3 is 2.11 bits per heavy atom. The number of ether oxygens (including phenoxy) is 1. The lowest BCUT2D eigenvalue weighted by atomic mass is 9.77. The van der Waals surface area contributed by atoms with Gasteiger partial charge in [0.05, 0.1) is 6.42 Å². The van der Waals surface area contributed by atoms with Gasteiger partial charge in [-0.05, 0) is 79.7 Å². The molecular weight excluding hydrogens is 502 g/mol. The van der Waals surface area contributed by atoms with Gasteiger partial charge in [0, 0.05) is 23.3 Å². The van der Waals surface area contributed by atoms with Crippen molar-refractivity contribution in [1.82, 2.24) is 0 Å². The number of hydrogen-bond donors (Lipinski definition) is 0. The van der Waals surface area contributed by atoms with Crippen LogP contribution >= 0.6 is 0 Å². The van der Waals surface area contributed by atoms with Gasteiger partial charge < -0.3 is 4.74 Å². The van der Waals surface area contributed by atoms with Crippen LogP contribution in [0, 0.1) is 36.1 Å². The molecule has 0 heterocycles. The maximum Gasteiger partial charge on any atom is 0.398 e. The number of aryl methyl sites for hydroxylation is 1. The van der Waals surface area contributed by atoms with Crippen LogP contribution in [0.5, 0.6) is 5.75 Å². The summed E-state index contributed by atoms with van der Waals surface area (Å²) in [7, 11) is 0. The molecule has 1 saturated carbocycles. The van der Waals surface area contributed by atoms with Crippen molar-refractivity contribution in [2.75, 3.05) is 0 Å². The molecule has 0 unspecified atom stereocenters. The van der Waals surface area contributed by atoms with Crippen LogP contribution in [0.2, 0.25) is 0 Å². The molecule has 4 rings (SSSR count). The molecule has 0 amide bonds. The lowest BCUT2D eigenvalue weighted by Gasteiger charge is -2.28. The molecular formula is C31H32F6O. The smallest absolute Gasteiger partial charge is 0.398 e. The molecule has 0 bridgehead atoms. The lowest BCUT2D eigenvalue weighted by molar-refractivity contribution is -0.180. The van der Waals surface area contributed by atoms with Crippen molar-refractivity contribution < 1.29 is 31.1 Å². The highest BCUT2D eigenvalue weighted by molar-refractivity contribution is 5.65. The fourth-order valence-electron chi connectivity index (χ4n) is 5.31. The second-order valence-electron chi connectivity index (χ2n) is 10.3. The summed E-state index contributed by atoms with van der Waals surface area (Å²) >= 11 is 0. The minimum Gasteiger partial charge on any atom is -0.432 e. The van der Waals surface area contributed by atoms with Crippen molar-refractivity contribution in [3.05, 3.63) is 88.5 Å². The SMILES string of the molecule is CCCC1CCC(c2ccc(-c3ccc(CCC(F)(F)Oc4cc(F)c(C)c(F)c4)c(F)c3)c(F)c2)CC1. The van der Waals surface area contributed by atoms with Gasteiger partial charge in [-0.1, -0.05) is 44.0 Å². The van der Waals surface area contributed by atoms with Gasteiger partial charge in [0.1, 0.15) is 29.0 Å². The van der Waals surface area contributed by atoms with Crippen molar-refractivity contribution in [3.8, 4) is 16.9 Å². The Morgan fingerprint density at radius 2 is 1.50 bits per heavy atom. The van der Waals surface area contributed by atoms with E-state index in [0.717, 1.165) is 43.2 Å². The van der Waals surface area contributed by atoms with E-state index in [1.54, 1.807) is 6.07 Å². The molecule has 1 aliphatic rings. The zero-order valence-corrected chi connectivity index (χ0v) is 21.6. The van der Waals surface area contributed by atoms with Crippen LogP contribution in [-0.2, 0) is 6.42 Å². The molecule has 0 atom stereocenters. The summed E-state index contributed by atoms with van der Waals surface area (Å²) in [6.45, 7) is 3.37. The second kappa shape index (κ2) is 11.8. The number of benzene rings is 3. The highest BCUT2D eigenvalue weighted by atomic mass is 19.3. The van der Waals surface area contributed by atoms with Gasteiger partial charge in [0.25, 0.3) is 0 Å². The van der Waals surface area contributed by atoms with Crippen LogP contribution in [0.15, 0.2) is 48.5 Å². The highest BCUT2D eigenvalue weighted by Crippen LogP contribution is 2.39. The molecule has 3 aromatic carbocycles. The summed E-state index contributed by atoms with van der Waals surface area (Å²) in [4.78, 5) is 0. The van der Waals surface area contributed by atoms with Gasteiger partial charge in [-0.25, -0.2) is 17.6 Å². The van der Waals surface area contributed by atoms with Gasteiger partial charge >= 0.3 is 6.11 Å². The third-order valence-electron chi connectivity index (χ3n) is 7.58. The van der Waals surface area contributed by atoms with Crippen LogP contribution in [0.4, 0.5) is 26.3 Å². The van der Waals surface area contributed by atoms with E-state index in [4.69, 9.17) is 0 Å². The average molecular weight is 535 g/mol. The van der Waals surface area contributed by atoms with Crippen molar-refractivity contribution >= 4 is 0 Å². The molecule has 0 N–H and O–H groups in total. The molecule has 0 radical (unpaired) electrons. The molecule has 7 heteroatoms. The van der Waals surface area contributed by atoms with E-state index in [-0.39, 0.29) is 16.7 Å². The molecule has 0 aliphatic heterocycles. The maximum absolute atomic E-state index is 15.0. The predicted molar refractivity (Wildman–Crippen MR) is 136 cm³/mol. The number of hydrogen-bond acceptors (Lipinski definition) is 1. The van der Waals surface area contributed by atoms with Crippen LogP contribution in [0.25, 0.3) is 11.1 Å². The van der Waals surface area contributed by atoms with Gasteiger partial charge in [-0.3, -0.25) is 0 Å². The summed E-state index contributed by atoms with van der Waals surface area (Å²) in [5.74, 6) is -2.77. The van der Waals surface area contributed by atoms with E-state index >= 15 is 4.39 Å². The van der Waals surface area contributed by atoms with Crippen LogP contribution < -0.4 is 4.74 Å². The quantitative estimate of drug-likeness (QED) is 0.248. The van der Waals surface area contributed by atoms with Crippen LogP contribution in [0.3, 0.4) is 0 Å². The Bertz CT molecular complexity index is 1240. The largest absolute Gasteiger partial charge is 0.432 e. The monoisotopic (exact) mass is 534 g/mol. The summed E-state index contributed by atoms with van der Waals surface area (Å²) in [6, 6.07) is 10.4. The van der Waals surface area contributed by atoms with E-state index in [0.29, 0.717) is 23.6 Å². The molecule has 1 nitrogen and oxygen atoms in total. The topological polar surface area (TPSA) is 9.23 Å². The summed E-state index contributed by atoms with van der Waals surface area (Å²) in [5, 5.41) is 0. The molecule has 3 aromatic rings. The first-order chi connectivity index (χ1) is 18.1. The standard InChI is InChI=1S/C31H32F6O/c1-3-4-20-5-7-21(8-6-20)23-11-12-26(30(35)15-23)24-10-9-22(29(34)16-24)13-14-31(36,37)38-25-17-27(32)19(2)28(33)18-25/h9-12,15-18,20-21H,3-8,13-14H2,1-2H3. The average Bonchev–Trinajstić information content (AvgIpc) is 2.87. The van der Waals surface area contributed by atoms with E-state index in [9.17, 15) is 22.0 Å². The molecule has 1 aliphatic carbocycles. The number of rotatable bonds is 9. The van der Waals surface area contributed by atoms with Gasteiger partial charge in [0.2, 0.25) is 0 Å². The fourth-order valence-corrected chi connectivity index (χ4v) is 5.31. The minimum atomic E-state index is -3.78. The number of halogens is 6. The van der Waals surface area contributed by atoms with E-state index < -0.39 is 48.0 Å². The Morgan fingerprint density at radius 1 is 0.816 bits per heavy atom. The normalized spacial score (nSPS) is 18.0. The Labute approximate surface area is 219 Å². The first kappa shape index (κ1) is 28.1. The lowest BCUT2D eigenvalue weighted by Crippen LogP contribution is -2.25. The molecule has 38 heavy (non-hydrogen) atoms. The van der Waals surface area contributed by atoms with Gasteiger partial charge in [-0.15, -0.1) is 0 Å². The Hall–Kier alpha value is -2.96. The zero-order valence-electron chi connectivity index (χ0n) is 21.6.